The number of aromatic nitrogens is 1. The molecule has 0 unspecified atom stereocenters. The molecule has 7 nitrogen and oxygen atoms in total. The number of rotatable bonds is 7. The van der Waals surface area contributed by atoms with E-state index in [1.165, 1.54) is 35.0 Å². The van der Waals surface area contributed by atoms with Crippen molar-refractivity contribution in [1.29, 1.82) is 0 Å². The van der Waals surface area contributed by atoms with Crippen molar-refractivity contribution in [1.82, 2.24) is 19.7 Å². The highest BCUT2D eigenvalue weighted by molar-refractivity contribution is 5.93. The number of carbonyl (C=O) groups excluding carboxylic acids is 2. The lowest BCUT2D eigenvalue weighted by Crippen LogP contribution is -2.44. The van der Waals surface area contributed by atoms with Gasteiger partial charge in [-0.1, -0.05) is 12.1 Å². The lowest BCUT2D eigenvalue weighted by Gasteiger charge is -2.34. The lowest BCUT2D eigenvalue weighted by atomic mass is 9.97. The highest BCUT2D eigenvalue weighted by atomic mass is 19.1. The monoisotopic (exact) mass is 428 g/mol. The van der Waals surface area contributed by atoms with Crippen LogP contribution in [0.3, 0.4) is 0 Å². The molecule has 3 rings (SSSR count). The van der Waals surface area contributed by atoms with Crippen molar-refractivity contribution in [2.45, 2.75) is 25.9 Å². The maximum absolute atomic E-state index is 13.0. The number of nitrogens with zero attached hydrogens (tertiary/aromatic N) is 3. The highest BCUT2D eigenvalue weighted by Gasteiger charge is 2.24. The number of halogens is 1. The van der Waals surface area contributed by atoms with E-state index < -0.39 is 0 Å². The van der Waals surface area contributed by atoms with Gasteiger partial charge in [-0.05, 0) is 56.6 Å². The number of piperidine rings is 1. The summed E-state index contributed by atoms with van der Waals surface area (Å²) in [6.45, 7) is 2.44. The Morgan fingerprint density at radius 2 is 1.90 bits per heavy atom. The average molecular weight is 429 g/mol. The van der Waals surface area contributed by atoms with E-state index in [-0.39, 0.29) is 36.3 Å². The normalized spacial score (nSPS) is 16.4. The molecular weight excluding hydrogens is 399 g/mol. The van der Waals surface area contributed by atoms with Crippen LogP contribution in [0, 0.1) is 11.7 Å². The smallest absolute Gasteiger partial charge is 0.253 e. The molecule has 1 fully saturated rings. The van der Waals surface area contributed by atoms with E-state index in [2.05, 4.69) is 10.2 Å². The van der Waals surface area contributed by atoms with Crippen LogP contribution in [0.4, 0.5) is 4.39 Å². The Labute approximate surface area is 181 Å². The van der Waals surface area contributed by atoms with Gasteiger partial charge in [-0.3, -0.25) is 14.4 Å². The first kappa shape index (κ1) is 22.7. The minimum atomic E-state index is -0.366. The first-order valence-corrected chi connectivity index (χ1v) is 10.5. The van der Waals surface area contributed by atoms with Crippen LogP contribution in [0.5, 0.6) is 0 Å². The summed E-state index contributed by atoms with van der Waals surface area (Å²) in [7, 11) is 4.04. The molecule has 31 heavy (non-hydrogen) atoms. The maximum Gasteiger partial charge on any atom is 0.253 e. The number of nitrogens with one attached hydrogen (secondary N) is 1. The second-order valence-corrected chi connectivity index (χ2v) is 8.30. The summed E-state index contributed by atoms with van der Waals surface area (Å²) in [4.78, 5) is 41.5. The summed E-state index contributed by atoms with van der Waals surface area (Å²) in [6, 6.07) is 8.59. The quantitative estimate of drug-likeness (QED) is 0.729. The maximum atomic E-state index is 13.0. The molecule has 0 spiro atoms. The van der Waals surface area contributed by atoms with Gasteiger partial charge in [0.1, 0.15) is 12.4 Å². The van der Waals surface area contributed by atoms with Gasteiger partial charge in [0.2, 0.25) is 5.91 Å². The summed E-state index contributed by atoms with van der Waals surface area (Å²) in [5, 5.41) is 2.75. The van der Waals surface area contributed by atoms with Crippen LogP contribution in [0.2, 0.25) is 0 Å². The van der Waals surface area contributed by atoms with Gasteiger partial charge in [-0.15, -0.1) is 0 Å². The number of likely N-dealkylation sites (tertiary alicyclic amines) is 1. The van der Waals surface area contributed by atoms with Crippen LogP contribution in [0.15, 0.2) is 47.4 Å². The van der Waals surface area contributed by atoms with Crippen LogP contribution in [-0.4, -0.2) is 59.9 Å². The SMILES string of the molecule is CN(C)C[C@@H]1CCCN(C(=O)Cn2cc(C(=O)NCc3ccc(F)cc3)ccc2=O)C1. The third-order valence-electron chi connectivity index (χ3n) is 5.41. The molecule has 0 aliphatic carbocycles. The molecule has 1 aromatic carbocycles. The van der Waals surface area contributed by atoms with E-state index in [0.717, 1.165) is 24.9 Å². The molecule has 0 bridgehead atoms. The summed E-state index contributed by atoms with van der Waals surface area (Å²) < 4.78 is 14.3. The minimum Gasteiger partial charge on any atom is -0.348 e. The largest absolute Gasteiger partial charge is 0.348 e. The number of carbonyl (C=O) groups is 2. The summed E-state index contributed by atoms with van der Waals surface area (Å²) in [5.74, 6) is -0.398. The van der Waals surface area contributed by atoms with Gasteiger partial charge < -0.3 is 19.7 Å². The highest BCUT2D eigenvalue weighted by Crippen LogP contribution is 2.17. The molecule has 1 aromatic heterocycles. The number of benzene rings is 1. The molecule has 2 heterocycles. The van der Waals surface area contributed by atoms with Gasteiger partial charge in [-0.25, -0.2) is 4.39 Å². The van der Waals surface area contributed by atoms with E-state index in [1.54, 1.807) is 12.1 Å². The van der Waals surface area contributed by atoms with E-state index in [9.17, 15) is 18.8 Å². The van der Waals surface area contributed by atoms with E-state index >= 15 is 0 Å². The Hall–Kier alpha value is -3.00. The third kappa shape index (κ3) is 6.49. The zero-order valence-electron chi connectivity index (χ0n) is 18.0. The van der Waals surface area contributed by atoms with Gasteiger partial charge in [0, 0.05) is 38.4 Å². The predicted octanol–water partition coefficient (Wildman–Crippen LogP) is 1.72. The molecule has 2 aromatic rings. The number of pyridine rings is 1. The van der Waals surface area contributed by atoms with Crippen molar-refractivity contribution < 1.29 is 14.0 Å². The van der Waals surface area contributed by atoms with Crippen molar-refractivity contribution in [3.8, 4) is 0 Å². The molecule has 166 valence electrons. The number of hydrogen-bond acceptors (Lipinski definition) is 4. The van der Waals surface area contributed by atoms with Gasteiger partial charge >= 0.3 is 0 Å². The minimum absolute atomic E-state index is 0.0907. The third-order valence-corrected chi connectivity index (χ3v) is 5.41. The van der Waals surface area contributed by atoms with Gasteiger partial charge in [0.25, 0.3) is 11.5 Å². The fraction of sp³-hybridized carbons (Fsp3) is 0.435. The molecule has 1 N–H and O–H groups in total. The van der Waals surface area contributed by atoms with Gasteiger partial charge in [-0.2, -0.15) is 0 Å². The van der Waals surface area contributed by atoms with Gasteiger partial charge in [0.15, 0.2) is 0 Å². The fourth-order valence-electron chi connectivity index (χ4n) is 3.88. The van der Waals surface area contributed by atoms with Crippen LogP contribution in [0.25, 0.3) is 0 Å². The molecule has 0 radical (unpaired) electrons. The molecule has 2 amide bonds. The van der Waals surface area contributed by atoms with Crippen LogP contribution < -0.4 is 10.9 Å². The average Bonchev–Trinajstić information content (AvgIpc) is 2.74. The zero-order chi connectivity index (χ0) is 22.4. The van der Waals surface area contributed by atoms with Crippen molar-refractivity contribution in [3.05, 3.63) is 69.9 Å². The Morgan fingerprint density at radius 3 is 2.61 bits per heavy atom. The van der Waals surface area contributed by atoms with Crippen molar-refractivity contribution in [2.24, 2.45) is 5.92 Å². The standard InChI is InChI=1S/C23H29FN4O3/c1-26(2)13-18-4-3-11-27(14-18)22(30)16-28-15-19(7-10-21(28)29)23(31)25-12-17-5-8-20(24)9-6-17/h5-10,15,18H,3-4,11-14,16H2,1-2H3,(H,25,31)/t18-/m0/s1. The molecule has 1 atom stereocenters. The summed E-state index contributed by atoms with van der Waals surface area (Å²) in [6.07, 6.45) is 3.46. The molecular formula is C23H29FN4O3. The van der Waals surface area contributed by atoms with Crippen molar-refractivity contribution >= 4 is 11.8 Å². The molecule has 1 aliphatic rings. The number of hydrogen-bond donors (Lipinski definition) is 1. The molecule has 1 aliphatic heterocycles. The summed E-state index contributed by atoms with van der Waals surface area (Å²) in [5.41, 5.74) is 0.722. The topological polar surface area (TPSA) is 74.7 Å². The van der Waals surface area contributed by atoms with E-state index in [0.29, 0.717) is 24.6 Å². The predicted molar refractivity (Wildman–Crippen MR) is 116 cm³/mol. The Bertz CT molecular complexity index is 972. The zero-order valence-corrected chi connectivity index (χ0v) is 18.0. The summed E-state index contributed by atoms with van der Waals surface area (Å²) >= 11 is 0. The Kier molecular flexibility index (Phi) is 7.57. The first-order valence-electron chi connectivity index (χ1n) is 10.5. The first-order chi connectivity index (χ1) is 14.8. The fourth-order valence-corrected chi connectivity index (χ4v) is 3.88. The van der Waals surface area contributed by atoms with Crippen LogP contribution in [-0.2, 0) is 17.9 Å². The van der Waals surface area contributed by atoms with E-state index in [1.807, 2.05) is 19.0 Å². The van der Waals surface area contributed by atoms with Crippen molar-refractivity contribution in [2.75, 3.05) is 33.7 Å². The Balaban J connectivity index is 1.62. The molecule has 0 saturated carbocycles. The molecule has 1 saturated heterocycles. The Morgan fingerprint density at radius 1 is 1.16 bits per heavy atom. The van der Waals surface area contributed by atoms with Crippen LogP contribution in [0.1, 0.15) is 28.8 Å². The van der Waals surface area contributed by atoms with E-state index in [4.69, 9.17) is 0 Å². The lowest BCUT2D eigenvalue weighted by molar-refractivity contribution is -0.133. The second-order valence-electron chi connectivity index (χ2n) is 8.30. The number of amides is 2. The van der Waals surface area contributed by atoms with Crippen LogP contribution >= 0.6 is 0 Å². The van der Waals surface area contributed by atoms with Gasteiger partial charge in [0.05, 0.1) is 5.56 Å². The molecule has 8 heteroatoms. The second kappa shape index (κ2) is 10.3. The van der Waals surface area contributed by atoms with Crippen molar-refractivity contribution in [3.63, 3.8) is 0 Å².